The highest BCUT2D eigenvalue weighted by Gasteiger charge is 2.23. The first-order valence-corrected chi connectivity index (χ1v) is 9.03. The zero-order valence-corrected chi connectivity index (χ0v) is 16.2. The second kappa shape index (κ2) is 10.2. The molecule has 1 amide bonds. The number of carbonyl (C=O) groups excluding carboxylic acids is 1. The van der Waals surface area contributed by atoms with Gasteiger partial charge in [-0.3, -0.25) is 0 Å². The normalized spacial score (nSPS) is 14.5. The molecule has 0 spiro atoms. The zero-order chi connectivity index (χ0) is 18.9. The molecule has 1 aromatic carbocycles. The Bertz CT molecular complexity index is 532. The lowest BCUT2D eigenvalue weighted by Crippen LogP contribution is -2.43. The molecule has 0 heterocycles. The Labute approximate surface area is 152 Å². The first-order chi connectivity index (χ1) is 11.7. The lowest BCUT2D eigenvalue weighted by atomic mass is 9.91. The molecule has 2 atom stereocenters. The van der Waals surface area contributed by atoms with E-state index in [-0.39, 0.29) is 24.5 Å². The van der Waals surface area contributed by atoms with Gasteiger partial charge in [-0.1, -0.05) is 56.3 Å². The summed E-state index contributed by atoms with van der Waals surface area (Å²) in [7, 11) is 0. The van der Waals surface area contributed by atoms with Crippen molar-refractivity contribution in [2.75, 3.05) is 6.61 Å². The van der Waals surface area contributed by atoms with E-state index >= 15 is 0 Å². The van der Waals surface area contributed by atoms with Gasteiger partial charge in [-0.2, -0.15) is 0 Å². The van der Waals surface area contributed by atoms with Gasteiger partial charge in [0.15, 0.2) is 0 Å². The molecular formula is C21H33NO3. The number of rotatable bonds is 8. The van der Waals surface area contributed by atoms with Gasteiger partial charge in [0, 0.05) is 12.6 Å². The topological polar surface area (TPSA) is 58.6 Å². The number of nitrogens with one attached hydrogen (secondary N) is 1. The van der Waals surface area contributed by atoms with Gasteiger partial charge in [-0.25, -0.2) is 4.79 Å². The van der Waals surface area contributed by atoms with E-state index < -0.39 is 11.7 Å². The second-order valence-electron chi connectivity index (χ2n) is 7.83. The van der Waals surface area contributed by atoms with Crippen molar-refractivity contribution < 1.29 is 14.6 Å². The number of ether oxygens (including phenoxy) is 1. The summed E-state index contributed by atoms with van der Waals surface area (Å²) < 4.78 is 5.35. The average molecular weight is 347 g/mol. The highest BCUT2D eigenvalue weighted by molar-refractivity contribution is 5.68. The van der Waals surface area contributed by atoms with Gasteiger partial charge in [0.1, 0.15) is 5.60 Å². The molecule has 25 heavy (non-hydrogen) atoms. The van der Waals surface area contributed by atoms with Crippen LogP contribution in [0.25, 0.3) is 6.08 Å². The summed E-state index contributed by atoms with van der Waals surface area (Å²) in [5, 5.41) is 12.6. The number of hydrogen-bond acceptors (Lipinski definition) is 3. The molecule has 0 saturated heterocycles. The van der Waals surface area contributed by atoms with Crippen molar-refractivity contribution in [3.63, 3.8) is 0 Å². The van der Waals surface area contributed by atoms with E-state index in [1.807, 2.05) is 51.1 Å². The Morgan fingerprint density at radius 3 is 2.40 bits per heavy atom. The maximum absolute atomic E-state index is 12.0. The Hall–Kier alpha value is -1.81. The molecular weight excluding hydrogens is 314 g/mol. The third-order valence-electron chi connectivity index (χ3n) is 3.93. The molecule has 0 bridgehead atoms. The van der Waals surface area contributed by atoms with Crippen molar-refractivity contribution in [1.29, 1.82) is 0 Å². The number of benzene rings is 1. The highest BCUT2D eigenvalue weighted by Crippen LogP contribution is 2.18. The van der Waals surface area contributed by atoms with Gasteiger partial charge in [0.05, 0.1) is 0 Å². The fourth-order valence-corrected chi connectivity index (χ4v) is 2.52. The zero-order valence-electron chi connectivity index (χ0n) is 16.2. The lowest BCUT2D eigenvalue weighted by Gasteiger charge is -2.28. The molecule has 0 aliphatic rings. The summed E-state index contributed by atoms with van der Waals surface area (Å²) in [5.41, 5.74) is 0.631. The number of allylic oxidation sites excluding steroid dienone is 1. The largest absolute Gasteiger partial charge is 0.444 e. The predicted molar refractivity (Wildman–Crippen MR) is 103 cm³/mol. The first-order valence-electron chi connectivity index (χ1n) is 9.03. The second-order valence-corrected chi connectivity index (χ2v) is 7.83. The van der Waals surface area contributed by atoms with Crippen LogP contribution in [-0.4, -0.2) is 29.4 Å². The molecule has 4 heteroatoms. The summed E-state index contributed by atoms with van der Waals surface area (Å²) in [5.74, 6) is 0.363. The van der Waals surface area contributed by atoms with Crippen LogP contribution >= 0.6 is 0 Å². The molecule has 2 N–H and O–H groups in total. The fraction of sp³-hybridized carbons (Fsp3) is 0.571. The summed E-state index contributed by atoms with van der Waals surface area (Å²) in [6.45, 7) is 9.77. The lowest BCUT2D eigenvalue weighted by molar-refractivity contribution is 0.0475. The molecule has 0 radical (unpaired) electrons. The number of hydrogen-bond donors (Lipinski definition) is 2. The van der Waals surface area contributed by atoms with Crippen molar-refractivity contribution in [3.05, 3.63) is 42.0 Å². The Morgan fingerprint density at radius 2 is 1.88 bits per heavy atom. The van der Waals surface area contributed by atoms with Gasteiger partial charge < -0.3 is 15.2 Å². The van der Waals surface area contributed by atoms with E-state index in [1.54, 1.807) is 0 Å². The smallest absolute Gasteiger partial charge is 0.407 e. The number of aliphatic hydroxyl groups is 1. The molecule has 0 aliphatic heterocycles. The van der Waals surface area contributed by atoms with Gasteiger partial charge in [-0.05, 0) is 51.0 Å². The summed E-state index contributed by atoms with van der Waals surface area (Å²) in [6.07, 6.45) is 5.23. The van der Waals surface area contributed by atoms with E-state index in [0.29, 0.717) is 6.42 Å². The monoisotopic (exact) mass is 347 g/mol. The van der Waals surface area contributed by atoms with Crippen LogP contribution in [-0.2, 0) is 4.74 Å². The Balaban J connectivity index is 2.58. The van der Waals surface area contributed by atoms with E-state index in [2.05, 4.69) is 31.3 Å². The van der Waals surface area contributed by atoms with Crippen LogP contribution in [0, 0.1) is 11.8 Å². The molecule has 4 nitrogen and oxygen atoms in total. The molecule has 1 aromatic rings. The fourth-order valence-electron chi connectivity index (χ4n) is 2.52. The molecule has 0 unspecified atom stereocenters. The van der Waals surface area contributed by atoms with Crippen LogP contribution in [0.2, 0.25) is 0 Å². The van der Waals surface area contributed by atoms with Gasteiger partial charge in [-0.15, -0.1) is 0 Å². The van der Waals surface area contributed by atoms with Crippen LogP contribution in [0.15, 0.2) is 36.4 Å². The summed E-state index contributed by atoms with van der Waals surface area (Å²) in [6, 6.07) is 10.1. The first kappa shape index (κ1) is 21.2. The molecule has 0 aliphatic carbocycles. The highest BCUT2D eigenvalue weighted by atomic mass is 16.6. The van der Waals surface area contributed by atoms with Gasteiger partial charge >= 0.3 is 6.09 Å². The number of carbonyl (C=O) groups is 1. The maximum Gasteiger partial charge on any atom is 0.407 e. The molecule has 0 saturated carbocycles. The van der Waals surface area contributed by atoms with E-state index in [4.69, 9.17) is 4.74 Å². The minimum Gasteiger partial charge on any atom is -0.444 e. The van der Waals surface area contributed by atoms with Gasteiger partial charge in [0.2, 0.25) is 0 Å². The standard InChI is InChI=1S/C21H33NO3/c1-16(2)19(22-20(24)25-21(3,4)5)14-18(15-23)13-9-12-17-10-7-6-8-11-17/h6-12,16,18-19,23H,13-15H2,1-5H3,(H,22,24)/b12-9+/t18-,19+/m0/s1. The SMILES string of the molecule is CC(C)[C@@H](C[C@@H](CO)C/C=C/c1ccccc1)NC(=O)OC(C)(C)C. The van der Waals surface area contributed by atoms with Crippen molar-refractivity contribution >= 4 is 12.2 Å². The minimum atomic E-state index is -0.513. The van der Waals surface area contributed by atoms with Crippen molar-refractivity contribution in [2.45, 2.75) is 59.1 Å². The molecule has 0 fully saturated rings. The Morgan fingerprint density at radius 1 is 1.24 bits per heavy atom. The van der Waals surface area contributed by atoms with Crippen LogP contribution in [0.3, 0.4) is 0 Å². The average Bonchev–Trinajstić information content (AvgIpc) is 2.52. The third kappa shape index (κ3) is 9.30. The van der Waals surface area contributed by atoms with Crippen LogP contribution in [0.1, 0.15) is 53.0 Å². The summed E-state index contributed by atoms with van der Waals surface area (Å²) in [4.78, 5) is 12.0. The van der Waals surface area contributed by atoms with Crippen LogP contribution < -0.4 is 5.32 Å². The van der Waals surface area contributed by atoms with E-state index in [0.717, 1.165) is 12.0 Å². The molecule has 140 valence electrons. The quantitative estimate of drug-likeness (QED) is 0.720. The maximum atomic E-state index is 12.0. The summed E-state index contributed by atoms with van der Waals surface area (Å²) >= 11 is 0. The number of aliphatic hydroxyl groups excluding tert-OH is 1. The molecule has 0 aromatic heterocycles. The van der Waals surface area contributed by atoms with E-state index in [1.165, 1.54) is 0 Å². The van der Waals surface area contributed by atoms with Crippen molar-refractivity contribution in [2.24, 2.45) is 11.8 Å². The minimum absolute atomic E-state index is 0.0304. The van der Waals surface area contributed by atoms with Crippen molar-refractivity contribution in [1.82, 2.24) is 5.32 Å². The van der Waals surface area contributed by atoms with Crippen LogP contribution in [0.4, 0.5) is 4.79 Å². The molecule has 1 rings (SSSR count). The van der Waals surface area contributed by atoms with E-state index in [9.17, 15) is 9.90 Å². The van der Waals surface area contributed by atoms with Gasteiger partial charge in [0.25, 0.3) is 0 Å². The Kier molecular flexibility index (Phi) is 8.70. The predicted octanol–water partition coefficient (Wildman–Crippen LogP) is 4.64. The number of amides is 1. The van der Waals surface area contributed by atoms with Crippen LogP contribution in [0.5, 0.6) is 0 Å². The van der Waals surface area contributed by atoms with Crippen molar-refractivity contribution in [3.8, 4) is 0 Å². The number of alkyl carbamates (subject to hydrolysis) is 1. The third-order valence-corrected chi connectivity index (χ3v) is 3.93.